The largest absolute Gasteiger partial charge is 0.481 e. The number of rotatable bonds is 7. The second kappa shape index (κ2) is 8.49. The number of carboxylic acid groups (broad SMARTS) is 1. The summed E-state index contributed by atoms with van der Waals surface area (Å²) in [5.74, 6) is -7.02. The van der Waals surface area contributed by atoms with Crippen molar-refractivity contribution in [2.75, 3.05) is 11.9 Å². The normalized spacial score (nSPS) is 11.9. The zero-order valence-corrected chi connectivity index (χ0v) is 15.3. The van der Waals surface area contributed by atoms with E-state index in [0.717, 1.165) is 12.1 Å². The monoisotopic (exact) mass is 479 g/mol. The maximum absolute atomic E-state index is 14.2. The zero-order valence-electron chi connectivity index (χ0n) is 13.1. The molecule has 0 spiro atoms. The van der Waals surface area contributed by atoms with Crippen LogP contribution in [-0.4, -0.2) is 28.6 Å². The lowest BCUT2D eigenvalue weighted by molar-refractivity contribution is -0.142. The topological polar surface area (TPSA) is 86.6 Å². The van der Waals surface area contributed by atoms with Gasteiger partial charge in [-0.15, -0.1) is 0 Å². The van der Waals surface area contributed by atoms with Gasteiger partial charge in [-0.25, -0.2) is 13.2 Å². The van der Waals surface area contributed by atoms with E-state index in [2.05, 4.69) is 5.32 Å². The molecule has 9 heteroatoms. The minimum Gasteiger partial charge on any atom is -0.481 e. The third kappa shape index (κ3) is 4.52. The van der Waals surface area contributed by atoms with Crippen molar-refractivity contribution in [1.82, 2.24) is 0 Å². The number of ketones is 1. The van der Waals surface area contributed by atoms with E-state index in [4.69, 9.17) is 10.2 Å². The smallest absolute Gasteiger partial charge is 0.309 e. The zero-order chi connectivity index (χ0) is 19.4. The van der Waals surface area contributed by atoms with Crippen LogP contribution in [0.15, 0.2) is 30.3 Å². The molecule has 0 radical (unpaired) electrons. The SMILES string of the molecule is O=C(C[C@H](CO)C(=O)O)c1ccc(F)c(F)c1Nc1ccc(I)cc1F. The van der Waals surface area contributed by atoms with Crippen molar-refractivity contribution < 1.29 is 33.0 Å². The van der Waals surface area contributed by atoms with E-state index in [9.17, 15) is 22.8 Å². The minimum absolute atomic E-state index is 0.180. The van der Waals surface area contributed by atoms with Crippen molar-refractivity contribution in [3.63, 3.8) is 0 Å². The molecule has 0 amide bonds. The average Bonchev–Trinajstić information content (AvgIpc) is 2.58. The number of carbonyl (C=O) groups excluding carboxylic acids is 1. The quantitative estimate of drug-likeness (QED) is 0.417. The first-order valence-electron chi connectivity index (χ1n) is 7.31. The van der Waals surface area contributed by atoms with Gasteiger partial charge in [-0.3, -0.25) is 9.59 Å². The number of anilines is 2. The summed E-state index contributed by atoms with van der Waals surface area (Å²) in [4.78, 5) is 23.3. The summed E-state index contributed by atoms with van der Waals surface area (Å²) in [6.45, 7) is -0.792. The number of Topliss-reactive ketones (excluding diaryl/α,β-unsaturated/α-hetero) is 1. The summed E-state index contributed by atoms with van der Waals surface area (Å²) in [5, 5.41) is 20.3. The van der Waals surface area contributed by atoms with Gasteiger partial charge in [-0.05, 0) is 52.9 Å². The number of carbonyl (C=O) groups is 2. The predicted octanol–water partition coefficient (Wildman–Crippen LogP) is 3.72. The first-order valence-corrected chi connectivity index (χ1v) is 8.39. The lowest BCUT2D eigenvalue weighted by Gasteiger charge is -2.15. The van der Waals surface area contributed by atoms with Crippen LogP contribution < -0.4 is 5.32 Å². The van der Waals surface area contributed by atoms with Gasteiger partial charge in [0.1, 0.15) is 5.82 Å². The van der Waals surface area contributed by atoms with Crippen LogP contribution in [0, 0.1) is 26.9 Å². The number of hydrogen-bond acceptors (Lipinski definition) is 4. The Labute approximate surface area is 160 Å². The molecule has 138 valence electrons. The van der Waals surface area contributed by atoms with Crippen molar-refractivity contribution >= 4 is 45.7 Å². The molecule has 1 atom stereocenters. The summed E-state index contributed by atoms with van der Waals surface area (Å²) >= 11 is 1.87. The highest BCUT2D eigenvalue weighted by atomic mass is 127. The van der Waals surface area contributed by atoms with Crippen LogP contribution in [0.3, 0.4) is 0 Å². The van der Waals surface area contributed by atoms with Crippen molar-refractivity contribution in [3.05, 3.63) is 56.9 Å². The molecule has 0 saturated carbocycles. The van der Waals surface area contributed by atoms with E-state index in [1.54, 1.807) is 0 Å². The van der Waals surface area contributed by atoms with Gasteiger partial charge in [-0.2, -0.15) is 0 Å². The summed E-state index contributed by atoms with van der Waals surface area (Å²) in [5.41, 5.74) is -1.13. The highest BCUT2D eigenvalue weighted by Crippen LogP contribution is 2.30. The van der Waals surface area contributed by atoms with Crippen LogP contribution in [0.4, 0.5) is 24.5 Å². The Morgan fingerprint density at radius 3 is 2.38 bits per heavy atom. The number of aliphatic hydroxyl groups excluding tert-OH is 1. The fourth-order valence-electron chi connectivity index (χ4n) is 2.19. The van der Waals surface area contributed by atoms with Gasteiger partial charge in [-0.1, -0.05) is 0 Å². The summed E-state index contributed by atoms with van der Waals surface area (Å²) < 4.78 is 42.4. The summed E-state index contributed by atoms with van der Waals surface area (Å²) in [7, 11) is 0. The number of benzene rings is 2. The fourth-order valence-corrected chi connectivity index (χ4v) is 2.65. The van der Waals surface area contributed by atoms with Crippen LogP contribution >= 0.6 is 22.6 Å². The molecule has 0 unspecified atom stereocenters. The second-order valence-electron chi connectivity index (χ2n) is 5.38. The molecule has 3 N–H and O–H groups in total. The van der Waals surface area contributed by atoms with Crippen LogP contribution in [0.2, 0.25) is 0 Å². The van der Waals surface area contributed by atoms with Crippen LogP contribution in [0.1, 0.15) is 16.8 Å². The molecule has 5 nitrogen and oxygen atoms in total. The van der Waals surface area contributed by atoms with Crippen molar-refractivity contribution in [3.8, 4) is 0 Å². The number of nitrogens with one attached hydrogen (secondary N) is 1. The van der Waals surface area contributed by atoms with Gasteiger partial charge < -0.3 is 15.5 Å². The summed E-state index contributed by atoms with van der Waals surface area (Å²) in [6, 6.07) is 5.67. The lowest BCUT2D eigenvalue weighted by Crippen LogP contribution is -2.22. The molecule has 26 heavy (non-hydrogen) atoms. The fraction of sp³-hybridized carbons (Fsp3) is 0.176. The van der Waals surface area contributed by atoms with Gasteiger partial charge in [0.05, 0.1) is 23.9 Å². The molecule has 0 heterocycles. The average molecular weight is 479 g/mol. The Hall–Kier alpha value is -2.14. The highest BCUT2D eigenvalue weighted by molar-refractivity contribution is 14.1. The Morgan fingerprint density at radius 2 is 1.81 bits per heavy atom. The van der Waals surface area contributed by atoms with Gasteiger partial charge in [0.15, 0.2) is 17.4 Å². The molecule has 0 saturated heterocycles. The first-order chi connectivity index (χ1) is 12.2. The molecule has 0 bridgehead atoms. The number of halogens is 4. The van der Waals surface area contributed by atoms with E-state index in [1.165, 1.54) is 12.1 Å². The first kappa shape index (κ1) is 20.2. The molecular formula is C17H13F3INO4. The summed E-state index contributed by atoms with van der Waals surface area (Å²) in [6.07, 6.45) is -0.624. The minimum atomic E-state index is -1.40. The van der Waals surface area contributed by atoms with Crippen LogP contribution in [-0.2, 0) is 4.79 Å². The number of aliphatic carboxylic acids is 1. The number of hydrogen-bond donors (Lipinski definition) is 3. The van der Waals surface area contributed by atoms with Gasteiger partial charge in [0, 0.05) is 15.6 Å². The molecule has 2 aromatic carbocycles. The Balaban J connectivity index is 2.43. The van der Waals surface area contributed by atoms with E-state index < -0.39 is 53.8 Å². The Morgan fingerprint density at radius 1 is 1.12 bits per heavy atom. The van der Waals surface area contributed by atoms with E-state index in [-0.39, 0.29) is 11.3 Å². The van der Waals surface area contributed by atoms with Crippen molar-refractivity contribution in [1.29, 1.82) is 0 Å². The van der Waals surface area contributed by atoms with Crippen molar-refractivity contribution in [2.24, 2.45) is 5.92 Å². The van der Waals surface area contributed by atoms with E-state index >= 15 is 0 Å². The maximum Gasteiger partial charge on any atom is 0.309 e. The predicted molar refractivity (Wildman–Crippen MR) is 95.9 cm³/mol. The number of carboxylic acids is 1. The standard InChI is InChI=1S/C17H13F3INO4/c18-11-3-2-10(14(24)5-8(7-23)17(25)26)16(15(11)20)22-13-4-1-9(21)6-12(13)19/h1-4,6,8,22-23H,5,7H2,(H,25,26)/t8-/m1/s1. The highest BCUT2D eigenvalue weighted by Gasteiger charge is 2.25. The number of aliphatic hydroxyl groups is 1. The molecule has 0 aliphatic heterocycles. The van der Waals surface area contributed by atoms with Gasteiger partial charge >= 0.3 is 5.97 Å². The molecular weight excluding hydrogens is 466 g/mol. The molecule has 0 aromatic heterocycles. The Kier molecular flexibility index (Phi) is 6.59. The third-order valence-corrected chi connectivity index (χ3v) is 4.26. The lowest BCUT2D eigenvalue weighted by atomic mass is 9.97. The van der Waals surface area contributed by atoms with E-state index in [1.807, 2.05) is 22.6 Å². The Bertz CT molecular complexity index is 860. The van der Waals surface area contributed by atoms with Crippen LogP contribution in [0.25, 0.3) is 0 Å². The van der Waals surface area contributed by atoms with Gasteiger partial charge in [0.25, 0.3) is 0 Å². The maximum atomic E-state index is 14.2. The molecule has 0 aliphatic carbocycles. The molecule has 2 aromatic rings. The van der Waals surface area contributed by atoms with E-state index in [0.29, 0.717) is 9.64 Å². The van der Waals surface area contributed by atoms with Crippen LogP contribution in [0.5, 0.6) is 0 Å². The van der Waals surface area contributed by atoms with Crippen molar-refractivity contribution in [2.45, 2.75) is 6.42 Å². The van der Waals surface area contributed by atoms with Gasteiger partial charge in [0.2, 0.25) is 0 Å². The molecule has 0 aliphatic rings. The second-order valence-corrected chi connectivity index (χ2v) is 6.62. The third-order valence-electron chi connectivity index (χ3n) is 3.59. The molecule has 0 fully saturated rings. The molecule has 2 rings (SSSR count).